The fourth-order valence-corrected chi connectivity index (χ4v) is 4.12. The topological polar surface area (TPSA) is 58.9 Å². The van der Waals surface area contributed by atoms with E-state index in [4.69, 9.17) is 4.98 Å². The molecule has 1 saturated heterocycles. The fourth-order valence-electron chi connectivity index (χ4n) is 4.12. The Bertz CT molecular complexity index is 1130. The van der Waals surface area contributed by atoms with Crippen molar-refractivity contribution in [1.29, 1.82) is 0 Å². The zero-order valence-corrected chi connectivity index (χ0v) is 15.7. The number of aromatic nitrogens is 4. The van der Waals surface area contributed by atoms with Crippen LogP contribution in [0, 0.1) is 0 Å². The Morgan fingerprint density at radius 1 is 0.926 bits per heavy atom. The molecule has 3 heterocycles. The number of aryl methyl sites for hydroxylation is 2. The molecule has 0 bridgehead atoms. The van der Waals surface area contributed by atoms with E-state index in [2.05, 4.69) is 34.1 Å². The summed E-state index contributed by atoms with van der Waals surface area (Å²) in [5, 5.41) is 0. The van der Waals surface area contributed by atoms with Crippen molar-refractivity contribution >= 4 is 27.8 Å². The van der Waals surface area contributed by atoms with Crippen LogP contribution >= 0.6 is 0 Å². The van der Waals surface area contributed by atoms with Crippen LogP contribution in [0.15, 0.2) is 41.2 Å². The monoisotopic (exact) mass is 361 g/mol. The van der Waals surface area contributed by atoms with E-state index in [9.17, 15) is 4.79 Å². The lowest BCUT2D eigenvalue weighted by Gasteiger charge is -2.28. The quantitative estimate of drug-likeness (QED) is 0.595. The second kappa shape index (κ2) is 6.01. The van der Waals surface area contributed by atoms with Crippen molar-refractivity contribution in [3.8, 4) is 11.4 Å². The molecule has 27 heavy (non-hydrogen) atoms. The minimum Gasteiger partial charge on any atom is -0.372 e. The molecule has 0 amide bonds. The second-order valence-electron chi connectivity index (χ2n) is 7.44. The van der Waals surface area contributed by atoms with Crippen molar-refractivity contribution < 1.29 is 0 Å². The van der Waals surface area contributed by atoms with E-state index in [-0.39, 0.29) is 5.69 Å². The molecule has 2 aromatic carbocycles. The van der Waals surface area contributed by atoms with Crippen LogP contribution in [-0.4, -0.2) is 32.2 Å². The van der Waals surface area contributed by atoms with Gasteiger partial charge in [0.25, 0.3) is 0 Å². The Kier molecular flexibility index (Phi) is 3.60. The van der Waals surface area contributed by atoms with E-state index in [0.717, 1.165) is 46.5 Å². The number of hydrogen-bond acceptors (Lipinski definition) is 3. The lowest BCUT2D eigenvalue weighted by Crippen LogP contribution is -2.29. The van der Waals surface area contributed by atoms with Gasteiger partial charge in [0.05, 0.1) is 22.1 Å². The smallest absolute Gasteiger partial charge is 0.328 e. The highest BCUT2D eigenvalue weighted by molar-refractivity contribution is 5.93. The van der Waals surface area contributed by atoms with E-state index in [0.29, 0.717) is 0 Å². The van der Waals surface area contributed by atoms with Gasteiger partial charge in [-0.1, -0.05) is 0 Å². The third-order valence-corrected chi connectivity index (χ3v) is 5.74. The van der Waals surface area contributed by atoms with Gasteiger partial charge in [-0.15, -0.1) is 0 Å². The third-order valence-electron chi connectivity index (χ3n) is 5.74. The van der Waals surface area contributed by atoms with Gasteiger partial charge in [-0.25, -0.2) is 9.78 Å². The van der Waals surface area contributed by atoms with Crippen molar-refractivity contribution in [3.05, 3.63) is 46.9 Å². The number of nitrogens with one attached hydrogen (secondary N) is 1. The molecule has 0 unspecified atom stereocenters. The van der Waals surface area contributed by atoms with Crippen molar-refractivity contribution in [3.63, 3.8) is 0 Å². The number of fused-ring (bicyclic) bond motifs is 2. The summed E-state index contributed by atoms with van der Waals surface area (Å²) in [5.41, 5.74) is 5.96. The molecule has 1 N–H and O–H groups in total. The van der Waals surface area contributed by atoms with Gasteiger partial charge in [0.2, 0.25) is 0 Å². The van der Waals surface area contributed by atoms with Gasteiger partial charge in [0, 0.05) is 38.4 Å². The number of anilines is 1. The fraction of sp³-hybridized carbons (Fsp3) is 0.333. The molecule has 6 heteroatoms. The van der Waals surface area contributed by atoms with Crippen molar-refractivity contribution in [2.24, 2.45) is 14.1 Å². The van der Waals surface area contributed by atoms with E-state index < -0.39 is 0 Å². The van der Waals surface area contributed by atoms with Crippen molar-refractivity contribution in [2.75, 3.05) is 18.0 Å². The molecule has 0 aliphatic carbocycles. The maximum atomic E-state index is 12.1. The molecular weight excluding hydrogens is 338 g/mol. The van der Waals surface area contributed by atoms with Crippen LogP contribution in [0.3, 0.4) is 0 Å². The number of benzene rings is 2. The Balaban J connectivity index is 1.54. The van der Waals surface area contributed by atoms with Crippen LogP contribution in [0.25, 0.3) is 33.5 Å². The SMILES string of the molecule is Cn1c(=O)n(C)c2cc3[nH]c(-c4ccc(N5CCCCC5)cc4)nc3cc21. The number of aromatic amines is 1. The molecule has 0 saturated carbocycles. The number of hydrogen-bond donors (Lipinski definition) is 1. The minimum absolute atomic E-state index is 0.0221. The molecule has 1 fully saturated rings. The highest BCUT2D eigenvalue weighted by Gasteiger charge is 2.14. The molecular formula is C21H23N5O. The summed E-state index contributed by atoms with van der Waals surface area (Å²) < 4.78 is 3.33. The standard InChI is InChI=1S/C21H23N5O/c1-24-18-12-16-17(13-19(18)25(2)21(24)27)23-20(22-16)14-6-8-15(9-7-14)26-10-4-3-5-11-26/h6-9,12-13H,3-5,10-11H2,1-2H3,(H,22,23). The first-order chi connectivity index (χ1) is 13.1. The van der Waals surface area contributed by atoms with Gasteiger partial charge < -0.3 is 9.88 Å². The van der Waals surface area contributed by atoms with Crippen LogP contribution in [0.2, 0.25) is 0 Å². The molecule has 1 aliphatic heterocycles. The normalized spacial score (nSPS) is 15.1. The van der Waals surface area contributed by atoms with Crippen LogP contribution in [0.1, 0.15) is 19.3 Å². The second-order valence-corrected chi connectivity index (χ2v) is 7.44. The third kappa shape index (κ3) is 2.55. The summed E-state index contributed by atoms with van der Waals surface area (Å²) in [5.74, 6) is 0.857. The van der Waals surface area contributed by atoms with Crippen LogP contribution in [0.4, 0.5) is 5.69 Å². The van der Waals surface area contributed by atoms with Crippen LogP contribution in [-0.2, 0) is 14.1 Å². The van der Waals surface area contributed by atoms with Gasteiger partial charge >= 0.3 is 5.69 Å². The molecule has 6 nitrogen and oxygen atoms in total. The summed E-state index contributed by atoms with van der Waals surface area (Å²) in [6.45, 7) is 2.30. The van der Waals surface area contributed by atoms with Crippen molar-refractivity contribution in [2.45, 2.75) is 19.3 Å². The molecule has 4 aromatic rings. The minimum atomic E-state index is -0.0221. The van der Waals surface area contributed by atoms with Gasteiger partial charge in [-0.05, 0) is 55.7 Å². The Hall–Kier alpha value is -3.02. The number of rotatable bonds is 2. The lowest BCUT2D eigenvalue weighted by atomic mass is 10.1. The summed E-state index contributed by atoms with van der Waals surface area (Å²) >= 11 is 0. The van der Waals surface area contributed by atoms with Gasteiger partial charge in [-0.3, -0.25) is 9.13 Å². The first kappa shape index (κ1) is 16.2. The van der Waals surface area contributed by atoms with E-state index in [1.165, 1.54) is 24.9 Å². The zero-order chi connectivity index (χ0) is 18.5. The number of imidazole rings is 2. The van der Waals surface area contributed by atoms with Gasteiger partial charge in [-0.2, -0.15) is 0 Å². The van der Waals surface area contributed by atoms with Gasteiger partial charge in [0.15, 0.2) is 0 Å². The maximum Gasteiger partial charge on any atom is 0.328 e. The Labute approximate surface area is 157 Å². The molecule has 0 radical (unpaired) electrons. The van der Waals surface area contributed by atoms with E-state index in [1.807, 2.05) is 12.1 Å². The number of H-pyrrole nitrogens is 1. The summed E-state index contributed by atoms with van der Waals surface area (Å²) in [7, 11) is 3.59. The van der Waals surface area contributed by atoms with Gasteiger partial charge in [0.1, 0.15) is 5.82 Å². The lowest BCUT2D eigenvalue weighted by molar-refractivity contribution is 0.578. The molecule has 1 aliphatic rings. The summed E-state index contributed by atoms with van der Waals surface area (Å²) in [6, 6.07) is 12.6. The highest BCUT2D eigenvalue weighted by atomic mass is 16.1. The zero-order valence-electron chi connectivity index (χ0n) is 15.7. The average Bonchev–Trinajstić information content (AvgIpc) is 3.22. The largest absolute Gasteiger partial charge is 0.372 e. The van der Waals surface area contributed by atoms with Crippen LogP contribution < -0.4 is 10.6 Å². The molecule has 138 valence electrons. The summed E-state index contributed by atoms with van der Waals surface area (Å²) in [4.78, 5) is 22.8. The Morgan fingerprint density at radius 3 is 2.30 bits per heavy atom. The Morgan fingerprint density at radius 2 is 1.59 bits per heavy atom. The number of piperidine rings is 1. The number of nitrogens with zero attached hydrogens (tertiary/aromatic N) is 4. The average molecular weight is 361 g/mol. The maximum absolute atomic E-state index is 12.1. The van der Waals surface area contributed by atoms with Crippen molar-refractivity contribution in [1.82, 2.24) is 19.1 Å². The predicted molar refractivity (Wildman–Crippen MR) is 109 cm³/mol. The van der Waals surface area contributed by atoms with Crippen LogP contribution in [0.5, 0.6) is 0 Å². The molecule has 5 rings (SSSR count). The predicted octanol–water partition coefficient (Wildman–Crippen LogP) is 3.41. The first-order valence-electron chi connectivity index (χ1n) is 9.52. The van der Waals surface area contributed by atoms with E-state index in [1.54, 1.807) is 23.2 Å². The molecule has 0 atom stereocenters. The first-order valence-corrected chi connectivity index (χ1v) is 9.52. The summed E-state index contributed by atoms with van der Waals surface area (Å²) in [6.07, 6.45) is 3.90. The molecule has 2 aromatic heterocycles. The van der Waals surface area contributed by atoms with E-state index >= 15 is 0 Å². The molecule has 0 spiro atoms. The highest BCUT2D eigenvalue weighted by Crippen LogP contribution is 2.27.